The lowest BCUT2D eigenvalue weighted by atomic mass is 9.94. The highest BCUT2D eigenvalue weighted by atomic mass is 15.2. The normalized spacial score (nSPS) is 23.0. The second kappa shape index (κ2) is 7.95. The molecule has 1 aromatic carbocycles. The molecule has 1 aromatic rings. The maximum atomic E-state index is 3.78. The molecule has 0 bridgehead atoms. The Hall–Kier alpha value is -0.860. The summed E-state index contributed by atoms with van der Waals surface area (Å²) in [5.74, 6) is 0. The topological polar surface area (TPSA) is 15.3 Å². The molecular formula is C19H32N2. The first-order valence-corrected chi connectivity index (χ1v) is 8.69. The fourth-order valence-electron chi connectivity index (χ4n) is 3.56. The van der Waals surface area contributed by atoms with E-state index in [9.17, 15) is 0 Å². The molecule has 2 heteroatoms. The maximum absolute atomic E-state index is 3.78. The van der Waals surface area contributed by atoms with Gasteiger partial charge in [0, 0.05) is 18.1 Å². The van der Waals surface area contributed by atoms with Gasteiger partial charge in [-0.15, -0.1) is 0 Å². The second-order valence-corrected chi connectivity index (χ2v) is 6.67. The van der Waals surface area contributed by atoms with Crippen LogP contribution in [0.25, 0.3) is 0 Å². The first kappa shape index (κ1) is 16.5. The molecule has 21 heavy (non-hydrogen) atoms. The van der Waals surface area contributed by atoms with Crippen LogP contribution in [0.4, 0.5) is 0 Å². The van der Waals surface area contributed by atoms with E-state index in [2.05, 4.69) is 62.2 Å². The van der Waals surface area contributed by atoms with Gasteiger partial charge in [0.1, 0.15) is 0 Å². The van der Waals surface area contributed by atoms with Gasteiger partial charge in [-0.25, -0.2) is 0 Å². The van der Waals surface area contributed by atoms with Gasteiger partial charge in [-0.2, -0.15) is 0 Å². The third-order valence-corrected chi connectivity index (χ3v) is 4.91. The molecule has 1 fully saturated rings. The van der Waals surface area contributed by atoms with Crippen LogP contribution in [0.3, 0.4) is 0 Å². The molecule has 1 aliphatic rings. The Bertz CT molecular complexity index is 412. The van der Waals surface area contributed by atoms with Crippen LogP contribution >= 0.6 is 0 Å². The molecule has 0 spiro atoms. The summed E-state index contributed by atoms with van der Waals surface area (Å²) in [6, 6.07) is 10.8. The van der Waals surface area contributed by atoms with Crippen LogP contribution in [0.5, 0.6) is 0 Å². The van der Waals surface area contributed by atoms with Crippen molar-refractivity contribution in [1.29, 1.82) is 0 Å². The zero-order valence-corrected chi connectivity index (χ0v) is 14.2. The number of likely N-dealkylation sites (tertiary alicyclic amines) is 1. The van der Waals surface area contributed by atoms with Crippen LogP contribution in [0.1, 0.15) is 63.6 Å². The van der Waals surface area contributed by atoms with Crippen molar-refractivity contribution in [2.45, 2.75) is 71.5 Å². The molecule has 0 aromatic heterocycles. The summed E-state index contributed by atoms with van der Waals surface area (Å²) in [4.78, 5) is 2.71. The molecule has 0 saturated carbocycles. The molecule has 1 heterocycles. The molecule has 1 saturated heterocycles. The van der Waals surface area contributed by atoms with Gasteiger partial charge in [0.2, 0.25) is 0 Å². The lowest BCUT2D eigenvalue weighted by Crippen LogP contribution is -2.49. The molecule has 0 radical (unpaired) electrons. The summed E-state index contributed by atoms with van der Waals surface area (Å²) in [7, 11) is 0. The van der Waals surface area contributed by atoms with E-state index in [4.69, 9.17) is 0 Å². The largest absolute Gasteiger partial charge is 0.309 e. The molecule has 2 nitrogen and oxygen atoms in total. The van der Waals surface area contributed by atoms with E-state index >= 15 is 0 Å². The van der Waals surface area contributed by atoms with E-state index in [1.54, 1.807) is 0 Å². The van der Waals surface area contributed by atoms with Crippen molar-refractivity contribution in [3.8, 4) is 0 Å². The summed E-state index contributed by atoms with van der Waals surface area (Å²) in [6.07, 6.45) is 5.27. The number of piperidine rings is 1. The minimum absolute atomic E-state index is 0.436. The zero-order chi connectivity index (χ0) is 15.2. The SMILES string of the molecule is CCCNC(c1ccc(C)cc1)C(C)N1CCCCC1C. The average molecular weight is 288 g/mol. The highest BCUT2D eigenvalue weighted by Crippen LogP contribution is 2.27. The first-order valence-electron chi connectivity index (χ1n) is 8.69. The van der Waals surface area contributed by atoms with Gasteiger partial charge < -0.3 is 5.32 Å². The monoisotopic (exact) mass is 288 g/mol. The number of rotatable bonds is 6. The Balaban J connectivity index is 2.15. The third kappa shape index (κ3) is 4.31. The molecule has 0 amide bonds. The molecule has 3 unspecified atom stereocenters. The first-order chi connectivity index (χ1) is 10.1. The Kier molecular flexibility index (Phi) is 6.25. The molecule has 2 rings (SSSR count). The summed E-state index contributed by atoms with van der Waals surface area (Å²) in [6.45, 7) is 11.5. The molecular weight excluding hydrogens is 256 g/mol. The van der Waals surface area contributed by atoms with Gasteiger partial charge in [-0.1, -0.05) is 43.2 Å². The Morgan fingerprint density at radius 2 is 1.95 bits per heavy atom. The van der Waals surface area contributed by atoms with Crippen molar-refractivity contribution >= 4 is 0 Å². The number of nitrogens with zero attached hydrogens (tertiary/aromatic N) is 1. The Morgan fingerprint density at radius 3 is 2.57 bits per heavy atom. The van der Waals surface area contributed by atoms with Crippen LogP contribution in [-0.4, -0.2) is 30.1 Å². The summed E-state index contributed by atoms with van der Waals surface area (Å²) in [5, 5.41) is 3.78. The predicted molar refractivity (Wildman–Crippen MR) is 91.7 cm³/mol. The summed E-state index contributed by atoms with van der Waals surface area (Å²) in [5.41, 5.74) is 2.77. The number of hydrogen-bond acceptors (Lipinski definition) is 2. The predicted octanol–water partition coefficient (Wildman–Crippen LogP) is 4.30. The van der Waals surface area contributed by atoms with Crippen molar-refractivity contribution < 1.29 is 0 Å². The molecule has 1 aliphatic heterocycles. The van der Waals surface area contributed by atoms with Gasteiger partial charge in [-0.3, -0.25) is 4.90 Å². The lowest BCUT2D eigenvalue weighted by molar-refractivity contribution is 0.0904. The van der Waals surface area contributed by atoms with E-state index in [1.165, 1.54) is 43.4 Å². The van der Waals surface area contributed by atoms with Crippen LogP contribution < -0.4 is 5.32 Å². The lowest BCUT2D eigenvalue weighted by Gasteiger charge is -2.42. The Labute approximate surface area is 130 Å². The van der Waals surface area contributed by atoms with Crippen LogP contribution in [-0.2, 0) is 0 Å². The molecule has 118 valence electrons. The number of aryl methyl sites for hydroxylation is 1. The average Bonchev–Trinajstić information content (AvgIpc) is 2.49. The standard InChI is InChI=1S/C19H32N2/c1-5-13-20-19(18-11-9-15(2)10-12-18)17(4)21-14-7-6-8-16(21)3/h9-12,16-17,19-20H,5-8,13-14H2,1-4H3. The van der Waals surface area contributed by atoms with Crippen LogP contribution in [0.2, 0.25) is 0 Å². The minimum atomic E-state index is 0.436. The van der Waals surface area contributed by atoms with Crippen LogP contribution in [0.15, 0.2) is 24.3 Å². The van der Waals surface area contributed by atoms with E-state index in [0.717, 1.165) is 6.54 Å². The maximum Gasteiger partial charge on any atom is 0.0475 e. The van der Waals surface area contributed by atoms with Crippen molar-refractivity contribution in [3.63, 3.8) is 0 Å². The number of hydrogen-bond donors (Lipinski definition) is 1. The highest BCUT2D eigenvalue weighted by molar-refractivity contribution is 5.25. The highest BCUT2D eigenvalue weighted by Gasteiger charge is 2.29. The van der Waals surface area contributed by atoms with E-state index < -0.39 is 0 Å². The molecule has 3 atom stereocenters. The number of nitrogens with one attached hydrogen (secondary N) is 1. The number of benzene rings is 1. The van der Waals surface area contributed by atoms with E-state index in [0.29, 0.717) is 18.1 Å². The second-order valence-electron chi connectivity index (χ2n) is 6.67. The van der Waals surface area contributed by atoms with Crippen molar-refractivity contribution in [3.05, 3.63) is 35.4 Å². The zero-order valence-electron chi connectivity index (χ0n) is 14.2. The van der Waals surface area contributed by atoms with Gasteiger partial charge >= 0.3 is 0 Å². The van der Waals surface area contributed by atoms with Gasteiger partial charge in [0.05, 0.1) is 0 Å². The van der Waals surface area contributed by atoms with Gasteiger partial charge in [0.15, 0.2) is 0 Å². The minimum Gasteiger partial charge on any atom is -0.309 e. The van der Waals surface area contributed by atoms with Crippen LogP contribution in [0, 0.1) is 6.92 Å². The third-order valence-electron chi connectivity index (χ3n) is 4.91. The van der Waals surface area contributed by atoms with E-state index in [1.807, 2.05) is 0 Å². The fraction of sp³-hybridized carbons (Fsp3) is 0.684. The van der Waals surface area contributed by atoms with Crippen molar-refractivity contribution in [1.82, 2.24) is 10.2 Å². The molecule has 1 N–H and O–H groups in total. The van der Waals surface area contributed by atoms with E-state index in [-0.39, 0.29) is 0 Å². The fourth-order valence-corrected chi connectivity index (χ4v) is 3.56. The van der Waals surface area contributed by atoms with Crippen molar-refractivity contribution in [2.24, 2.45) is 0 Å². The van der Waals surface area contributed by atoms with Crippen molar-refractivity contribution in [2.75, 3.05) is 13.1 Å². The van der Waals surface area contributed by atoms with Gasteiger partial charge in [0.25, 0.3) is 0 Å². The summed E-state index contributed by atoms with van der Waals surface area (Å²) < 4.78 is 0. The smallest absolute Gasteiger partial charge is 0.0475 e. The van der Waals surface area contributed by atoms with Gasteiger partial charge in [-0.05, 0) is 58.7 Å². The Morgan fingerprint density at radius 1 is 1.24 bits per heavy atom. The quantitative estimate of drug-likeness (QED) is 0.839. The summed E-state index contributed by atoms with van der Waals surface area (Å²) >= 11 is 0. The molecule has 0 aliphatic carbocycles.